The molecule has 0 radical (unpaired) electrons. The summed E-state index contributed by atoms with van der Waals surface area (Å²) in [7, 11) is 1.54. The Morgan fingerprint density at radius 3 is 3.00 bits per heavy atom. The Bertz CT molecular complexity index is 502. The van der Waals surface area contributed by atoms with Gasteiger partial charge in [-0.1, -0.05) is 16.4 Å². The quantitative estimate of drug-likeness (QED) is 0.495. The monoisotopic (exact) mass is 260 g/mol. The smallest absolute Gasteiger partial charge is 0.181 e. The van der Waals surface area contributed by atoms with Crippen molar-refractivity contribution in [3.05, 3.63) is 12.1 Å². The number of anilines is 1. The number of hydrogen-bond acceptors (Lipinski definition) is 8. The second kappa shape index (κ2) is 4.85. The number of hydrogen-bond donors (Lipinski definition) is 2. The Balaban J connectivity index is 2.44. The molecule has 2 aromatic rings. The number of rotatable bonds is 4. The number of methoxy groups -OCH3 is 1. The maximum atomic E-state index is 8.09. The number of nitrogens with zero attached hydrogens (tertiary/aromatic N) is 1. The van der Waals surface area contributed by atoms with Crippen molar-refractivity contribution < 1.29 is 19.4 Å². The maximum Gasteiger partial charge on any atom is 0.181 e. The Morgan fingerprint density at radius 1 is 1.50 bits per heavy atom. The average Bonchev–Trinajstić information content (AvgIpc) is 2.63. The lowest BCUT2D eigenvalue weighted by molar-refractivity contribution is -0.432. The van der Waals surface area contributed by atoms with Crippen LogP contribution >= 0.6 is 23.4 Å². The van der Waals surface area contributed by atoms with Crippen molar-refractivity contribution in [2.75, 3.05) is 12.8 Å². The summed E-state index contributed by atoms with van der Waals surface area (Å²) in [6.45, 7) is 0. The van der Waals surface area contributed by atoms with Crippen molar-refractivity contribution in [3.63, 3.8) is 0 Å². The highest BCUT2D eigenvalue weighted by atomic mass is 32.2. The minimum Gasteiger partial charge on any atom is -0.495 e. The van der Waals surface area contributed by atoms with Crippen LogP contribution < -0.4 is 10.5 Å². The SMILES string of the molecule is COc1cc2sc(N)nc2cc1SOOO. The van der Waals surface area contributed by atoms with E-state index in [4.69, 9.17) is 15.7 Å². The highest BCUT2D eigenvalue weighted by molar-refractivity contribution is 7.94. The molecule has 0 saturated heterocycles. The van der Waals surface area contributed by atoms with E-state index in [-0.39, 0.29) is 0 Å². The third kappa shape index (κ3) is 2.20. The van der Waals surface area contributed by atoms with E-state index in [1.807, 2.05) is 0 Å². The second-order valence-electron chi connectivity index (χ2n) is 2.75. The molecule has 0 atom stereocenters. The van der Waals surface area contributed by atoms with Gasteiger partial charge in [0.25, 0.3) is 0 Å². The molecule has 0 aliphatic heterocycles. The molecule has 0 fully saturated rings. The number of ether oxygens (including phenoxy) is 1. The maximum absolute atomic E-state index is 8.09. The van der Waals surface area contributed by atoms with Crippen LogP contribution in [0.5, 0.6) is 5.75 Å². The van der Waals surface area contributed by atoms with E-state index in [1.165, 1.54) is 18.4 Å². The van der Waals surface area contributed by atoms with Crippen LogP contribution in [0.3, 0.4) is 0 Å². The van der Waals surface area contributed by atoms with Crippen LogP contribution in [0, 0.1) is 0 Å². The zero-order chi connectivity index (χ0) is 11.5. The van der Waals surface area contributed by atoms with Crippen molar-refractivity contribution in [2.24, 2.45) is 0 Å². The molecule has 3 N–H and O–H groups in total. The molecule has 1 aromatic heterocycles. The molecule has 86 valence electrons. The van der Waals surface area contributed by atoms with Crippen molar-refractivity contribution >= 4 is 38.7 Å². The lowest BCUT2D eigenvalue weighted by Crippen LogP contribution is -1.87. The molecule has 2 rings (SSSR count). The van der Waals surface area contributed by atoms with Crippen molar-refractivity contribution in [1.82, 2.24) is 4.98 Å². The van der Waals surface area contributed by atoms with Gasteiger partial charge in [-0.05, 0) is 6.07 Å². The average molecular weight is 260 g/mol. The van der Waals surface area contributed by atoms with E-state index >= 15 is 0 Å². The Labute approximate surface area is 99.0 Å². The van der Waals surface area contributed by atoms with Crippen LogP contribution in [0.2, 0.25) is 0 Å². The van der Waals surface area contributed by atoms with Crippen molar-refractivity contribution in [2.45, 2.75) is 4.90 Å². The standard InChI is InChI=1S/C8H8N2O4S2/c1-12-5-3-6-4(10-8(9)15-6)2-7(5)16-14-13-11/h2-3,11H,1H3,(H2,9,10). The summed E-state index contributed by atoms with van der Waals surface area (Å²) in [6.07, 6.45) is 0. The highest BCUT2D eigenvalue weighted by Crippen LogP contribution is 2.36. The topological polar surface area (TPSA) is 86.8 Å². The number of benzene rings is 1. The Kier molecular flexibility index (Phi) is 3.46. The van der Waals surface area contributed by atoms with Crippen LogP contribution in [0.25, 0.3) is 10.2 Å². The van der Waals surface area contributed by atoms with Gasteiger partial charge in [-0.3, -0.25) is 0 Å². The third-order valence-electron chi connectivity index (χ3n) is 1.84. The third-order valence-corrected chi connectivity index (χ3v) is 3.32. The Hall–Kier alpha value is -1.06. The molecule has 0 bridgehead atoms. The van der Waals surface area contributed by atoms with E-state index in [9.17, 15) is 0 Å². The molecule has 16 heavy (non-hydrogen) atoms. The zero-order valence-corrected chi connectivity index (χ0v) is 9.80. The van der Waals surface area contributed by atoms with E-state index in [2.05, 4.69) is 14.4 Å². The van der Waals surface area contributed by atoms with Gasteiger partial charge >= 0.3 is 0 Å². The highest BCUT2D eigenvalue weighted by Gasteiger charge is 2.10. The first kappa shape index (κ1) is 11.4. The molecule has 8 heteroatoms. The molecule has 0 saturated carbocycles. The summed E-state index contributed by atoms with van der Waals surface area (Å²) in [6, 6.07) is 3.54. The first-order valence-electron chi connectivity index (χ1n) is 4.13. The number of thiazole rings is 1. The van der Waals surface area contributed by atoms with Gasteiger partial charge in [0, 0.05) is 6.07 Å². The summed E-state index contributed by atoms with van der Waals surface area (Å²) in [5.41, 5.74) is 6.34. The summed E-state index contributed by atoms with van der Waals surface area (Å²) in [4.78, 5) is 4.76. The van der Waals surface area contributed by atoms with E-state index in [1.54, 1.807) is 12.1 Å². The van der Waals surface area contributed by atoms with Gasteiger partial charge < -0.3 is 10.5 Å². The van der Waals surface area contributed by atoms with Gasteiger partial charge in [-0.25, -0.2) is 10.2 Å². The molecule has 0 aliphatic carbocycles. The van der Waals surface area contributed by atoms with Crippen LogP contribution in [-0.2, 0) is 9.37 Å². The second-order valence-corrected chi connectivity index (χ2v) is 4.55. The van der Waals surface area contributed by atoms with Gasteiger partial charge in [-0.15, -0.1) is 4.33 Å². The number of fused-ring (bicyclic) bond motifs is 1. The number of aromatic nitrogens is 1. The minimum absolute atomic E-state index is 0.485. The van der Waals surface area contributed by atoms with Crippen LogP contribution in [-0.4, -0.2) is 17.4 Å². The molecule has 0 amide bonds. The van der Waals surface area contributed by atoms with Gasteiger partial charge in [0.05, 0.1) is 34.3 Å². The molecule has 0 spiro atoms. The van der Waals surface area contributed by atoms with Crippen molar-refractivity contribution in [1.29, 1.82) is 0 Å². The van der Waals surface area contributed by atoms with E-state index in [0.717, 1.165) is 22.3 Å². The molecular formula is C8H8N2O4S2. The van der Waals surface area contributed by atoms with Crippen LogP contribution in [0.15, 0.2) is 17.0 Å². The summed E-state index contributed by atoms with van der Waals surface area (Å²) >= 11 is 2.19. The molecule has 1 heterocycles. The molecule has 0 aliphatic rings. The lowest BCUT2D eigenvalue weighted by atomic mass is 10.3. The number of nitrogens with two attached hydrogens (primary N) is 1. The van der Waals surface area contributed by atoms with Crippen molar-refractivity contribution in [3.8, 4) is 5.75 Å². The fourth-order valence-electron chi connectivity index (χ4n) is 1.23. The summed E-state index contributed by atoms with van der Waals surface area (Å²) in [5, 5.41) is 12.1. The molecular weight excluding hydrogens is 252 g/mol. The number of nitrogen functional groups attached to an aromatic ring is 1. The van der Waals surface area contributed by atoms with Gasteiger partial charge in [-0.2, -0.15) is 0 Å². The van der Waals surface area contributed by atoms with Crippen LogP contribution in [0.4, 0.5) is 5.13 Å². The van der Waals surface area contributed by atoms with Gasteiger partial charge in [0.15, 0.2) is 5.13 Å². The predicted molar refractivity (Wildman–Crippen MR) is 61.2 cm³/mol. The molecule has 6 nitrogen and oxygen atoms in total. The van der Waals surface area contributed by atoms with Gasteiger partial charge in [0.2, 0.25) is 0 Å². The Morgan fingerprint density at radius 2 is 2.31 bits per heavy atom. The molecule has 0 unspecified atom stereocenters. The van der Waals surface area contributed by atoms with E-state index in [0.29, 0.717) is 15.8 Å². The molecule has 1 aromatic carbocycles. The predicted octanol–water partition coefficient (Wildman–Crippen LogP) is 2.32. The lowest BCUT2D eigenvalue weighted by Gasteiger charge is -2.05. The van der Waals surface area contributed by atoms with Crippen LogP contribution in [0.1, 0.15) is 0 Å². The fraction of sp³-hybridized carbons (Fsp3) is 0.125. The fourth-order valence-corrected chi connectivity index (χ4v) is 2.46. The minimum atomic E-state index is 0.485. The normalized spacial score (nSPS) is 10.9. The van der Waals surface area contributed by atoms with E-state index < -0.39 is 0 Å². The first-order chi connectivity index (χ1) is 7.74. The zero-order valence-electron chi connectivity index (χ0n) is 8.17. The summed E-state index contributed by atoms with van der Waals surface area (Å²) in [5.74, 6) is 0.596. The summed E-state index contributed by atoms with van der Waals surface area (Å²) < 4.78 is 10.4. The first-order valence-corrected chi connectivity index (χ1v) is 5.69. The van der Waals surface area contributed by atoms with Gasteiger partial charge in [0.1, 0.15) is 5.75 Å². The largest absolute Gasteiger partial charge is 0.495 e.